The Hall–Kier alpha value is -0.580. The molecular formula is C6H12O4S. The summed E-state index contributed by atoms with van der Waals surface area (Å²) in [6, 6.07) is 0. The van der Waals surface area contributed by atoms with Crippen molar-refractivity contribution in [1.82, 2.24) is 0 Å². The van der Waals surface area contributed by atoms with E-state index in [0.29, 0.717) is 0 Å². The summed E-state index contributed by atoms with van der Waals surface area (Å²) < 4.78 is 20.7. The Labute approximate surface area is 66.1 Å². The minimum atomic E-state index is -3.28. The van der Waals surface area contributed by atoms with Gasteiger partial charge in [0, 0.05) is 6.26 Å². The maximum absolute atomic E-state index is 10.9. The zero-order chi connectivity index (χ0) is 9.28. The highest BCUT2D eigenvalue weighted by Gasteiger charge is 2.32. The van der Waals surface area contributed by atoms with Crippen LogP contribution in [0.4, 0.5) is 0 Å². The van der Waals surface area contributed by atoms with Crippen molar-refractivity contribution in [2.24, 2.45) is 0 Å². The molecule has 0 bridgehead atoms. The number of rotatable bonds is 3. The van der Waals surface area contributed by atoms with E-state index in [0.717, 1.165) is 6.26 Å². The van der Waals surface area contributed by atoms with Gasteiger partial charge < -0.3 is 5.11 Å². The molecular weight excluding hydrogens is 168 g/mol. The maximum Gasteiger partial charge on any atom is 0.304 e. The third kappa shape index (κ3) is 2.88. The van der Waals surface area contributed by atoms with Crippen molar-refractivity contribution in [3.05, 3.63) is 0 Å². The number of carboxylic acids is 1. The van der Waals surface area contributed by atoms with Crippen LogP contribution < -0.4 is 0 Å². The van der Waals surface area contributed by atoms with Gasteiger partial charge in [0.25, 0.3) is 0 Å². The van der Waals surface area contributed by atoms with Crippen molar-refractivity contribution >= 4 is 15.8 Å². The molecule has 1 N–H and O–H groups in total. The lowest BCUT2D eigenvalue weighted by atomic mass is 10.1. The summed E-state index contributed by atoms with van der Waals surface area (Å²) in [6.45, 7) is 2.80. The van der Waals surface area contributed by atoms with Crippen LogP contribution in [-0.2, 0) is 14.6 Å². The van der Waals surface area contributed by atoms with Crippen LogP contribution in [0.25, 0.3) is 0 Å². The molecule has 0 saturated heterocycles. The van der Waals surface area contributed by atoms with Crippen molar-refractivity contribution in [2.45, 2.75) is 25.0 Å². The van der Waals surface area contributed by atoms with Crippen molar-refractivity contribution in [1.29, 1.82) is 0 Å². The summed E-state index contributed by atoms with van der Waals surface area (Å²) in [4.78, 5) is 10.2. The quantitative estimate of drug-likeness (QED) is 0.677. The van der Waals surface area contributed by atoms with Crippen LogP contribution in [0, 0.1) is 0 Å². The van der Waals surface area contributed by atoms with Gasteiger partial charge in [0.2, 0.25) is 0 Å². The smallest absolute Gasteiger partial charge is 0.304 e. The standard InChI is InChI=1S/C6H12O4S/c1-6(2,4-5(7)8)11(3,9)10/h4H2,1-3H3,(H,7,8). The number of sulfone groups is 1. The van der Waals surface area contributed by atoms with E-state index in [9.17, 15) is 13.2 Å². The average molecular weight is 180 g/mol. The molecule has 0 amide bonds. The first-order valence-electron chi connectivity index (χ1n) is 3.08. The summed E-state index contributed by atoms with van der Waals surface area (Å²) in [7, 11) is -3.28. The summed E-state index contributed by atoms with van der Waals surface area (Å²) in [5, 5.41) is 8.35. The molecule has 0 aliphatic rings. The fourth-order valence-electron chi connectivity index (χ4n) is 0.495. The molecule has 4 nitrogen and oxygen atoms in total. The van der Waals surface area contributed by atoms with E-state index in [4.69, 9.17) is 5.11 Å². The lowest BCUT2D eigenvalue weighted by molar-refractivity contribution is -0.137. The van der Waals surface area contributed by atoms with E-state index in [-0.39, 0.29) is 6.42 Å². The summed E-state index contributed by atoms with van der Waals surface area (Å²) in [5.74, 6) is -1.10. The van der Waals surface area contributed by atoms with Gasteiger partial charge in [-0.1, -0.05) is 0 Å². The van der Waals surface area contributed by atoms with E-state index in [1.165, 1.54) is 13.8 Å². The van der Waals surface area contributed by atoms with E-state index >= 15 is 0 Å². The highest BCUT2D eigenvalue weighted by Crippen LogP contribution is 2.18. The van der Waals surface area contributed by atoms with Crippen LogP contribution in [0.3, 0.4) is 0 Å². The molecule has 0 rings (SSSR count). The van der Waals surface area contributed by atoms with Gasteiger partial charge in [0.15, 0.2) is 9.84 Å². The Bertz CT molecular complexity index is 250. The van der Waals surface area contributed by atoms with Crippen molar-refractivity contribution in [3.63, 3.8) is 0 Å². The van der Waals surface area contributed by atoms with Gasteiger partial charge in [-0.15, -0.1) is 0 Å². The second kappa shape index (κ2) is 2.81. The van der Waals surface area contributed by atoms with Gasteiger partial charge in [0.05, 0.1) is 11.2 Å². The second-order valence-corrected chi connectivity index (χ2v) is 5.75. The number of aliphatic carboxylic acids is 1. The van der Waals surface area contributed by atoms with Crippen LogP contribution in [0.15, 0.2) is 0 Å². The zero-order valence-corrected chi connectivity index (χ0v) is 7.60. The largest absolute Gasteiger partial charge is 0.481 e. The molecule has 0 aliphatic carbocycles. The maximum atomic E-state index is 10.9. The molecule has 0 aromatic rings. The predicted molar refractivity (Wildman–Crippen MR) is 41.2 cm³/mol. The Kier molecular flexibility index (Phi) is 2.66. The fourth-order valence-corrected chi connectivity index (χ4v) is 0.881. The van der Waals surface area contributed by atoms with Gasteiger partial charge in [0.1, 0.15) is 0 Å². The molecule has 0 aromatic carbocycles. The van der Waals surface area contributed by atoms with Gasteiger partial charge in [-0.2, -0.15) is 0 Å². The van der Waals surface area contributed by atoms with Crippen LogP contribution >= 0.6 is 0 Å². The summed E-state index contributed by atoms with van der Waals surface area (Å²) in [5.41, 5.74) is 0. The van der Waals surface area contributed by atoms with Gasteiger partial charge in [-0.3, -0.25) is 4.79 Å². The molecule has 5 heteroatoms. The molecule has 0 fully saturated rings. The Morgan fingerprint density at radius 3 is 1.91 bits per heavy atom. The first-order chi connectivity index (χ1) is 4.67. The molecule has 0 radical (unpaired) electrons. The Morgan fingerprint density at radius 1 is 1.45 bits per heavy atom. The van der Waals surface area contributed by atoms with Gasteiger partial charge in [-0.25, -0.2) is 8.42 Å². The lowest BCUT2D eigenvalue weighted by Gasteiger charge is -2.19. The minimum absolute atomic E-state index is 0.355. The number of carbonyl (C=O) groups is 1. The van der Waals surface area contributed by atoms with E-state index < -0.39 is 20.6 Å². The molecule has 0 spiro atoms. The van der Waals surface area contributed by atoms with Gasteiger partial charge in [-0.05, 0) is 13.8 Å². The topological polar surface area (TPSA) is 71.4 Å². The number of hydrogen-bond donors (Lipinski definition) is 1. The van der Waals surface area contributed by atoms with E-state index in [2.05, 4.69) is 0 Å². The molecule has 0 aromatic heterocycles. The third-order valence-corrected chi connectivity index (χ3v) is 3.73. The molecule has 0 unspecified atom stereocenters. The predicted octanol–water partition coefficient (Wildman–Crippen LogP) is 0.284. The highest BCUT2D eigenvalue weighted by atomic mass is 32.2. The molecule has 11 heavy (non-hydrogen) atoms. The second-order valence-electron chi connectivity index (χ2n) is 3.10. The highest BCUT2D eigenvalue weighted by molar-refractivity contribution is 7.92. The summed E-state index contributed by atoms with van der Waals surface area (Å²) >= 11 is 0. The van der Waals surface area contributed by atoms with Crippen LogP contribution in [0.5, 0.6) is 0 Å². The summed E-state index contributed by atoms with van der Waals surface area (Å²) in [6.07, 6.45) is 0.682. The monoisotopic (exact) mass is 180 g/mol. The lowest BCUT2D eigenvalue weighted by Crippen LogP contribution is -2.33. The van der Waals surface area contributed by atoms with E-state index in [1.54, 1.807) is 0 Å². The fraction of sp³-hybridized carbons (Fsp3) is 0.833. The van der Waals surface area contributed by atoms with Crippen LogP contribution in [-0.4, -0.2) is 30.5 Å². The first-order valence-corrected chi connectivity index (χ1v) is 4.97. The molecule has 0 atom stereocenters. The van der Waals surface area contributed by atoms with Crippen molar-refractivity contribution in [2.75, 3.05) is 6.26 Å². The Balaban J connectivity index is 4.62. The molecule has 0 heterocycles. The SMILES string of the molecule is CC(C)(CC(=O)O)S(C)(=O)=O. The third-order valence-electron chi connectivity index (χ3n) is 1.58. The molecule has 0 aliphatic heterocycles. The number of hydrogen-bond acceptors (Lipinski definition) is 3. The number of carboxylic acid groups (broad SMARTS) is 1. The molecule has 0 saturated carbocycles. The average Bonchev–Trinajstić information content (AvgIpc) is 1.56. The first kappa shape index (κ1) is 10.4. The van der Waals surface area contributed by atoms with Crippen molar-refractivity contribution in [3.8, 4) is 0 Å². The minimum Gasteiger partial charge on any atom is -0.481 e. The molecule has 66 valence electrons. The van der Waals surface area contributed by atoms with E-state index in [1.807, 2.05) is 0 Å². The zero-order valence-electron chi connectivity index (χ0n) is 6.79. The van der Waals surface area contributed by atoms with Crippen molar-refractivity contribution < 1.29 is 18.3 Å². The van der Waals surface area contributed by atoms with Crippen LogP contribution in [0.1, 0.15) is 20.3 Å². The Morgan fingerprint density at radius 2 is 1.82 bits per heavy atom. The van der Waals surface area contributed by atoms with Crippen LogP contribution in [0.2, 0.25) is 0 Å². The normalized spacial score (nSPS) is 13.0. The van der Waals surface area contributed by atoms with Gasteiger partial charge >= 0.3 is 5.97 Å².